The Labute approximate surface area is 159 Å². The third-order valence-electron chi connectivity index (χ3n) is 4.77. The summed E-state index contributed by atoms with van der Waals surface area (Å²) in [6.45, 7) is 3.54. The maximum absolute atomic E-state index is 12.3. The van der Waals surface area contributed by atoms with Gasteiger partial charge in [0.2, 0.25) is 0 Å². The zero-order chi connectivity index (χ0) is 19.1. The molecule has 1 N–H and O–H groups in total. The zero-order valence-corrected chi connectivity index (χ0v) is 16.1. The van der Waals surface area contributed by atoms with Crippen molar-refractivity contribution in [3.63, 3.8) is 0 Å². The van der Waals surface area contributed by atoms with Crippen LogP contribution < -0.4 is 20.5 Å². The van der Waals surface area contributed by atoms with E-state index in [9.17, 15) is 4.79 Å². The van der Waals surface area contributed by atoms with Gasteiger partial charge in [-0.15, -0.1) is 0 Å². The van der Waals surface area contributed by atoms with Crippen LogP contribution in [0.5, 0.6) is 5.75 Å². The van der Waals surface area contributed by atoms with Gasteiger partial charge in [0.05, 0.1) is 6.61 Å². The molecule has 1 atom stereocenters. The van der Waals surface area contributed by atoms with Crippen LogP contribution in [-0.2, 0) is 18.3 Å². The number of aryl methyl sites for hydroxylation is 1. The molecular formula is C20H28N4O3. The van der Waals surface area contributed by atoms with E-state index < -0.39 is 0 Å². The quantitative estimate of drug-likeness (QED) is 0.710. The van der Waals surface area contributed by atoms with E-state index in [1.807, 2.05) is 12.1 Å². The number of ether oxygens (including phenoxy) is 2. The van der Waals surface area contributed by atoms with Gasteiger partial charge < -0.3 is 24.3 Å². The van der Waals surface area contributed by atoms with E-state index in [2.05, 4.69) is 27.3 Å². The molecule has 27 heavy (non-hydrogen) atoms. The number of nitrogens with zero attached hydrogens (tertiary/aromatic N) is 3. The lowest BCUT2D eigenvalue weighted by molar-refractivity contribution is 0.146. The minimum Gasteiger partial charge on any atom is -0.491 e. The molecular weight excluding hydrogens is 344 g/mol. The van der Waals surface area contributed by atoms with Gasteiger partial charge in [-0.3, -0.25) is 4.79 Å². The Morgan fingerprint density at radius 1 is 1.33 bits per heavy atom. The van der Waals surface area contributed by atoms with Gasteiger partial charge in [-0.05, 0) is 30.5 Å². The number of anilines is 1. The number of methoxy groups -OCH3 is 1. The van der Waals surface area contributed by atoms with E-state index in [0.717, 1.165) is 38.2 Å². The van der Waals surface area contributed by atoms with Crippen LogP contribution in [0.15, 0.2) is 41.5 Å². The molecule has 0 radical (unpaired) electrons. The highest BCUT2D eigenvalue weighted by Gasteiger charge is 2.22. The molecule has 1 aliphatic rings. The number of piperidine rings is 1. The highest BCUT2D eigenvalue weighted by molar-refractivity contribution is 5.36. The first-order valence-corrected chi connectivity index (χ1v) is 9.38. The number of nitrogens with one attached hydrogen (secondary N) is 1. The van der Waals surface area contributed by atoms with Crippen LogP contribution in [0.1, 0.15) is 18.4 Å². The molecule has 1 aliphatic heterocycles. The van der Waals surface area contributed by atoms with Crippen LogP contribution in [0.3, 0.4) is 0 Å². The summed E-state index contributed by atoms with van der Waals surface area (Å²) in [5.41, 5.74) is 1.13. The van der Waals surface area contributed by atoms with Gasteiger partial charge in [0, 0.05) is 52.2 Å². The Balaban J connectivity index is 1.56. The molecule has 1 fully saturated rings. The summed E-state index contributed by atoms with van der Waals surface area (Å²) >= 11 is 0. The lowest BCUT2D eigenvalue weighted by atomic mass is 10.1. The van der Waals surface area contributed by atoms with Gasteiger partial charge in [-0.25, -0.2) is 4.98 Å². The average Bonchev–Trinajstić information content (AvgIpc) is 2.69. The van der Waals surface area contributed by atoms with Crippen molar-refractivity contribution < 1.29 is 9.47 Å². The lowest BCUT2D eigenvalue weighted by Gasteiger charge is -2.33. The molecule has 1 aromatic carbocycles. The van der Waals surface area contributed by atoms with Crippen LogP contribution in [0.2, 0.25) is 0 Å². The molecule has 1 aromatic heterocycles. The predicted octanol–water partition coefficient (Wildman–Crippen LogP) is 1.56. The zero-order valence-electron chi connectivity index (χ0n) is 16.1. The molecule has 3 rings (SSSR count). The first-order chi connectivity index (χ1) is 13.2. The fourth-order valence-electron chi connectivity index (χ4n) is 3.29. The van der Waals surface area contributed by atoms with Crippen molar-refractivity contribution in [3.8, 4) is 5.75 Å². The second-order valence-electron chi connectivity index (χ2n) is 6.82. The normalized spacial score (nSPS) is 17.1. The van der Waals surface area contributed by atoms with E-state index in [4.69, 9.17) is 9.47 Å². The Bertz CT molecular complexity index is 793. The highest BCUT2D eigenvalue weighted by Crippen LogP contribution is 2.17. The fraction of sp³-hybridized carbons (Fsp3) is 0.500. The summed E-state index contributed by atoms with van der Waals surface area (Å²) in [5, 5.41) is 3.61. The summed E-state index contributed by atoms with van der Waals surface area (Å²) < 4.78 is 12.3. The number of benzene rings is 1. The lowest BCUT2D eigenvalue weighted by Crippen LogP contribution is -2.47. The molecule has 0 unspecified atom stereocenters. The van der Waals surface area contributed by atoms with Crippen molar-refractivity contribution in [1.82, 2.24) is 14.9 Å². The number of hydrogen-bond donors (Lipinski definition) is 1. The van der Waals surface area contributed by atoms with Crippen molar-refractivity contribution in [3.05, 3.63) is 52.6 Å². The molecule has 2 heterocycles. The minimum absolute atomic E-state index is 0.0425. The number of aromatic nitrogens is 2. The van der Waals surface area contributed by atoms with Gasteiger partial charge in [0.25, 0.3) is 5.56 Å². The Morgan fingerprint density at radius 3 is 3.07 bits per heavy atom. The monoisotopic (exact) mass is 372 g/mol. The SMILES string of the molecule is COCCOc1cccc(CN[C@H]2CCCN(c3nccn(C)c3=O)C2)c1. The smallest absolute Gasteiger partial charge is 0.293 e. The summed E-state index contributed by atoms with van der Waals surface area (Å²) in [6.07, 6.45) is 5.50. The molecule has 1 saturated heterocycles. The molecule has 7 nitrogen and oxygen atoms in total. The third-order valence-corrected chi connectivity index (χ3v) is 4.77. The van der Waals surface area contributed by atoms with Crippen molar-refractivity contribution in [1.29, 1.82) is 0 Å². The fourth-order valence-corrected chi connectivity index (χ4v) is 3.29. The summed E-state index contributed by atoms with van der Waals surface area (Å²) in [4.78, 5) is 18.7. The number of hydrogen-bond acceptors (Lipinski definition) is 6. The minimum atomic E-state index is -0.0425. The average molecular weight is 372 g/mol. The second kappa shape index (κ2) is 9.53. The van der Waals surface area contributed by atoms with Crippen molar-refractivity contribution in [2.45, 2.75) is 25.4 Å². The summed E-state index contributed by atoms with van der Waals surface area (Å²) in [7, 11) is 3.42. The second-order valence-corrected chi connectivity index (χ2v) is 6.82. The summed E-state index contributed by atoms with van der Waals surface area (Å²) in [5.74, 6) is 1.40. The standard InChI is InChI=1S/C20H28N4O3/c1-23-10-8-21-19(20(23)25)24-9-4-6-17(15-24)22-14-16-5-3-7-18(13-16)27-12-11-26-2/h3,5,7-8,10,13,17,22H,4,6,9,11-12,14-15H2,1-2H3/t17-/m0/s1. The Hall–Kier alpha value is -2.38. The van der Waals surface area contributed by atoms with Gasteiger partial charge in [-0.1, -0.05) is 12.1 Å². The van der Waals surface area contributed by atoms with E-state index in [0.29, 0.717) is 25.1 Å². The molecule has 0 aliphatic carbocycles. The maximum Gasteiger partial charge on any atom is 0.293 e. The van der Waals surface area contributed by atoms with Crippen molar-refractivity contribution >= 4 is 5.82 Å². The van der Waals surface area contributed by atoms with Crippen molar-refractivity contribution in [2.24, 2.45) is 7.05 Å². The van der Waals surface area contributed by atoms with Gasteiger partial charge in [0.1, 0.15) is 12.4 Å². The molecule has 0 saturated carbocycles. The summed E-state index contributed by atoms with van der Waals surface area (Å²) in [6, 6.07) is 8.43. The van der Waals surface area contributed by atoms with E-state index >= 15 is 0 Å². The molecule has 0 bridgehead atoms. The predicted molar refractivity (Wildman–Crippen MR) is 105 cm³/mol. The topological polar surface area (TPSA) is 68.6 Å². The van der Waals surface area contributed by atoms with E-state index in [1.165, 1.54) is 5.56 Å². The van der Waals surface area contributed by atoms with Crippen LogP contribution >= 0.6 is 0 Å². The third kappa shape index (κ3) is 5.30. The van der Waals surface area contributed by atoms with Crippen LogP contribution in [0.25, 0.3) is 0 Å². The van der Waals surface area contributed by atoms with Gasteiger partial charge >= 0.3 is 0 Å². The molecule has 7 heteroatoms. The van der Waals surface area contributed by atoms with Crippen LogP contribution in [-0.4, -0.2) is 49.0 Å². The first-order valence-electron chi connectivity index (χ1n) is 9.38. The van der Waals surface area contributed by atoms with Crippen LogP contribution in [0.4, 0.5) is 5.82 Å². The Kier molecular flexibility index (Phi) is 6.84. The van der Waals surface area contributed by atoms with Gasteiger partial charge in [-0.2, -0.15) is 0 Å². The number of rotatable bonds is 8. The van der Waals surface area contributed by atoms with Gasteiger partial charge in [0.15, 0.2) is 5.82 Å². The Morgan fingerprint density at radius 2 is 2.22 bits per heavy atom. The largest absolute Gasteiger partial charge is 0.491 e. The van der Waals surface area contributed by atoms with Crippen LogP contribution in [0, 0.1) is 0 Å². The van der Waals surface area contributed by atoms with Crippen molar-refractivity contribution in [2.75, 3.05) is 38.3 Å². The van der Waals surface area contributed by atoms with E-state index in [1.54, 1.807) is 31.1 Å². The maximum atomic E-state index is 12.3. The molecule has 2 aromatic rings. The highest BCUT2D eigenvalue weighted by atomic mass is 16.5. The molecule has 0 amide bonds. The van der Waals surface area contributed by atoms with E-state index in [-0.39, 0.29) is 5.56 Å². The first kappa shape index (κ1) is 19.4. The molecule has 0 spiro atoms. The molecule has 146 valence electrons.